The molecule has 2 heterocycles. The van der Waals surface area contributed by atoms with Gasteiger partial charge in [-0.1, -0.05) is 28.9 Å². The molecule has 1 aromatic carbocycles. The van der Waals surface area contributed by atoms with Gasteiger partial charge >= 0.3 is 6.03 Å². The Morgan fingerprint density at radius 1 is 1.26 bits per heavy atom. The van der Waals surface area contributed by atoms with E-state index in [1.165, 1.54) is 41.8 Å². The van der Waals surface area contributed by atoms with Gasteiger partial charge in [0.2, 0.25) is 0 Å². The van der Waals surface area contributed by atoms with Gasteiger partial charge in [0.25, 0.3) is 5.91 Å². The third kappa shape index (κ3) is 3.81. The number of rotatable bonds is 4. The topological polar surface area (TPSA) is 87.5 Å². The Balaban J connectivity index is 1.43. The number of benzene rings is 1. The van der Waals surface area contributed by atoms with Crippen LogP contribution in [0.5, 0.6) is 0 Å². The molecule has 3 aliphatic rings. The number of nitrogens with two attached hydrogens (primary N) is 1. The molecule has 8 heteroatoms. The minimum Gasteiger partial charge on any atom is -0.367 e. The van der Waals surface area contributed by atoms with Gasteiger partial charge in [-0.15, -0.1) is 0 Å². The molecule has 4 rings (SSSR count). The fraction of sp³-hybridized carbons (Fsp3) is 0.474. The zero-order valence-corrected chi connectivity index (χ0v) is 16.5. The molecule has 6 nitrogen and oxygen atoms in total. The second-order valence-electron chi connectivity index (χ2n) is 7.37. The number of likely N-dealkylation sites (tertiary alicyclic amines) is 1. The SMILES string of the molecule is NC(=O)C1(NC(=O)Nc2ccc(Cl)cc2)CC2=C(CC(N3CCC3)CC2)S1. The van der Waals surface area contributed by atoms with Gasteiger partial charge < -0.3 is 16.4 Å². The van der Waals surface area contributed by atoms with Crippen molar-refractivity contribution in [3.05, 3.63) is 39.8 Å². The molecule has 1 fully saturated rings. The second kappa shape index (κ2) is 7.37. The van der Waals surface area contributed by atoms with E-state index < -0.39 is 16.8 Å². The van der Waals surface area contributed by atoms with Crippen LogP contribution < -0.4 is 16.4 Å². The van der Waals surface area contributed by atoms with Crippen molar-refractivity contribution in [2.45, 2.75) is 43.0 Å². The lowest BCUT2D eigenvalue weighted by Crippen LogP contribution is -2.55. The molecule has 0 radical (unpaired) electrons. The number of primary amides is 1. The van der Waals surface area contributed by atoms with E-state index in [2.05, 4.69) is 15.5 Å². The van der Waals surface area contributed by atoms with Gasteiger partial charge in [0.05, 0.1) is 0 Å². The number of amides is 3. The van der Waals surface area contributed by atoms with Crippen LogP contribution in [0.2, 0.25) is 5.02 Å². The average molecular weight is 407 g/mol. The molecule has 2 unspecified atom stereocenters. The van der Waals surface area contributed by atoms with Gasteiger partial charge in [0.1, 0.15) is 0 Å². The van der Waals surface area contributed by atoms with Crippen molar-refractivity contribution in [2.75, 3.05) is 18.4 Å². The van der Waals surface area contributed by atoms with E-state index >= 15 is 0 Å². The molecule has 0 aromatic heterocycles. The van der Waals surface area contributed by atoms with Crippen molar-refractivity contribution in [1.82, 2.24) is 10.2 Å². The number of carbonyl (C=O) groups is 2. The lowest BCUT2D eigenvalue weighted by molar-refractivity contribution is -0.120. The van der Waals surface area contributed by atoms with Crippen LogP contribution in [-0.4, -0.2) is 40.8 Å². The Hall–Kier alpha value is -1.70. The number of anilines is 1. The molecule has 1 saturated heterocycles. The first-order valence-corrected chi connectivity index (χ1v) is 10.4. The second-order valence-corrected chi connectivity index (χ2v) is 9.20. The Bertz CT molecular complexity index is 793. The summed E-state index contributed by atoms with van der Waals surface area (Å²) in [7, 11) is 0. The third-order valence-electron chi connectivity index (χ3n) is 5.58. The number of urea groups is 1. The van der Waals surface area contributed by atoms with Crippen molar-refractivity contribution in [2.24, 2.45) is 5.73 Å². The minimum atomic E-state index is -1.11. The molecule has 0 spiro atoms. The highest BCUT2D eigenvalue weighted by molar-refractivity contribution is 8.05. The monoisotopic (exact) mass is 406 g/mol. The zero-order chi connectivity index (χ0) is 19.0. The van der Waals surface area contributed by atoms with Crippen LogP contribution in [0.4, 0.5) is 10.5 Å². The van der Waals surface area contributed by atoms with E-state index in [1.807, 2.05) is 0 Å². The van der Waals surface area contributed by atoms with Crippen molar-refractivity contribution in [3.8, 4) is 0 Å². The van der Waals surface area contributed by atoms with E-state index in [9.17, 15) is 9.59 Å². The molecule has 0 saturated carbocycles. The largest absolute Gasteiger partial charge is 0.367 e. The Labute approximate surface area is 167 Å². The lowest BCUT2D eigenvalue weighted by atomic mass is 9.89. The Morgan fingerprint density at radius 2 is 2.00 bits per heavy atom. The molecule has 2 aliphatic heterocycles. The number of thioether (sulfide) groups is 1. The highest BCUT2D eigenvalue weighted by Crippen LogP contribution is 2.51. The molecular formula is C19H23ClN4O2S. The van der Waals surface area contributed by atoms with E-state index in [4.69, 9.17) is 17.3 Å². The number of hydrogen-bond acceptors (Lipinski definition) is 4. The quantitative estimate of drug-likeness (QED) is 0.715. The van der Waals surface area contributed by atoms with Crippen molar-refractivity contribution in [3.63, 3.8) is 0 Å². The predicted molar refractivity (Wildman–Crippen MR) is 109 cm³/mol. The number of nitrogens with one attached hydrogen (secondary N) is 2. The van der Waals surface area contributed by atoms with Gasteiger partial charge in [0.15, 0.2) is 4.87 Å². The molecule has 0 bridgehead atoms. The zero-order valence-electron chi connectivity index (χ0n) is 15.0. The van der Waals surface area contributed by atoms with Gasteiger partial charge in [0, 0.05) is 23.2 Å². The summed E-state index contributed by atoms with van der Waals surface area (Å²) in [4.78, 5) is 27.4. The van der Waals surface area contributed by atoms with E-state index in [0.29, 0.717) is 23.2 Å². The summed E-state index contributed by atoms with van der Waals surface area (Å²) in [6.07, 6.45) is 4.80. The molecule has 144 valence electrons. The summed E-state index contributed by atoms with van der Waals surface area (Å²) >= 11 is 7.30. The first kappa shape index (κ1) is 18.7. The van der Waals surface area contributed by atoms with Crippen LogP contribution in [-0.2, 0) is 4.79 Å². The first-order chi connectivity index (χ1) is 12.9. The Morgan fingerprint density at radius 3 is 2.63 bits per heavy atom. The summed E-state index contributed by atoms with van der Waals surface area (Å²) in [5.74, 6) is -0.506. The van der Waals surface area contributed by atoms with Crippen molar-refractivity contribution < 1.29 is 9.59 Å². The maximum atomic E-state index is 12.5. The molecule has 1 aliphatic carbocycles. The molecule has 4 N–H and O–H groups in total. The summed E-state index contributed by atoms with van der Waals surface area (Å²) in [5.41, 5.74) is 7.60. The summed E-state index contributed by atoms with van der Waals surface area (Å²) in [6, 6.07) is 6.92. The fourth-order valence-corrected chi connectivity index (χ4v) is 5.59. The van der Waals surface area contributed by atoms with E-state index in [1.54, 1.807) is 24.3 Å². The highest BCUT2D eigenvalue weighted by atomic mass is 35.5. The Kier molecular flexibility index (Phi) is 5.09. The summed E-state index contributed by atoms with van der Waals surface area (Å²) < 4.78 is 0. The van der Waals surface area contributed by atoms with Crippen LogP contribution in [0.15, 0.2) is 34.7 Å². The maximum absolute atomic E-state index is 12.5. The van der Waals surface area contributed by atoms with Crippen LogP contribution >= 0.6 is 23.4 Å². The average Bonchev–Trinajstić information content (AvgIpc) is 2.94. The number of carbonyl (C=O) groups excluding carboxylic acids is 2. The number of halogens is 1. The smallest absolute Gasteiger partial charge is 0.320 e. The molecular weight excluding hydrogens is 384 g/mol. The highest BCUT2D eigenvalue weighted by Gasteiger charge is 2.48. The number of nitrogens with zero attached hydrogens (tertiary/aromatic N) is 1. The standard InChI is InChI=1S/C19H23ClN4O2S/c20-13-3-5-14(6-4-13)22-18(26)23-19(17(21)25)11-12-2-7-15(10-16(12)27-19)24-8-1-9-24/h3-6,15H,1-2,7-11H2,(H2,21,25)(H2,22,23,26). The predicted octanol–water partition coefficient (Wildman–Crippen LogP) is 3.29. The van der Waals surface area contributed by atoms with Crippen LogP contribution in [0.25, 0.3) is 0 Å². The lowest BCUT2D eigenvalue weighted by Gasteiger charge is -2.40. The molecule has 1 aromatic rings. The molecule has 2 atom stereocenters. The van der Waals surface area contributed by atoms with E-state index in [-0.39, 0.29) is 0 Å². The van der Waals surface area contributed by atoms with Gasteiger partial charge in [-0.25, -0.2) is 4.79 Å². The van der Waals surface area contributed by atoms with Gasteiger partial charge in [-0.3, -0.25) is 9.69 Å². The molecule has 3 amide bonds. The normalized spacial score (nSPS) is 27.7. The maximum Gasteiger partial charge on any atom is 0.320 e. The van der Waals surface area contributed by atoms with Crippen molar-refractivity contribution in [1.29, 1.82) is 0 Å². The molecule has 27 heavy (non-hydrogen) atoms. The van der Waals surface area contributed by atoms with Gasteiger partial charge in [-0.05, 0) is 67.9 Å². The van der Waals surface area contributed by atoms with Gasteiger partial charge in [-0.2, -0.15) is 0 Å². The first-order valence-electron chi connectivity index (χ1n) is 9.24. The summed E-state index contributed by atoms with van der Waals surface area (Å²) in [5, 5.41) is 6.17. The van der Waals surface area contributed by atoms with Crippen LogP contribution in [0, 0.1) is 0 Å². The fourth-order valence-electron chi connectivity index (χ4n) is 3.95. The summed E-state index contributed by atoms with van der Waals surface area (Å²) in [6.45, 7) is 2.33. The van der Waals surface area contributed by atoms with Crippen LogP contribution in [0.1, 0.15) is 32.1 Å². The van der Waals surface area contributed by atoms with Crippen molar-refractivity contribution >= 4 is 41.0 Å². The number of hydrogen-bond donors (Lipinski definition) is 3. The van der Waals surface area contributed by atoms with E-state index in [0.717, 1.165) is 19.3 Å². The minimum absolute atomic E-state index is 0.442. The van der Waals surface area contributed by atoms with Crippen LogP contribution in [0.3, 0.4) is 0 Å². The third-order valence-corrected chi connectivity index (χ3v) is 7.33.